The molecule has 1 saturated heterocycles. The van der Waals surface area contributed by atoms with Crippen LogP contribution in [-0.4, -0.2) is 55.7 Å². The van der Waals surface area contributed by atoms with Crippen molar-refractivity contribution >= 4 is 22.8 Å². The first-order chi connectivity index (χ1) is 13.2. The number of likely N-dealkylation sites (tertiary alicyclic amines) is 1. The largest absolute Gasteiger partial charge is 0.391 e. The number of nitrogens with one attached hydrogen (secondary N) is 2. The van der Waals surface area contributed by atoms with Crippen LogP contribution in [0, 0.1) is 5.92 Å². The second-order valence-electron chi connectivity index (χ2n) is 7.10. The van der Waals surface area contributed by atoms with Crippen LogP contribution in [0.15, 0.2) is 47.7 Å². The second-order valence-corrected chi connectivity index (χ2v) is 8.25. The van der Waals surface area contributed by atoms with Gasteiger partial charge < -0.3 is 15.1 Å². The highest BCUT2D eigenvalue weighted by Crippen LogP contribution is 2.24. The third-order valence-corrected chi connectivity index (χ3v) is 6.29. The van der Waals surface area contributed by atoms with E-state index in [1.54, 1.807) is 0 Å². The number of benzene rings is 1. The summed E-state index contributed by atoms with van der Waals surface area (Å²) in [4.78, 5) is 23.9. The minimum Gasteiger partial charge on any atom is -0.391 e. The van der Waals surface area contributed by atoms with Gasteiger partial charge in [0, 0.05) is 37.3 Å². The van der Waals surface area contributed by atoms with E-state index in [2.05, 4.69) is 44.1 Å². The van der Waals surface area contributed by atoms with Gasteiger partial charge in [-0.05, 0) is 23.5 Å². The highest BCUT2D eigenvalue weighted by Gasteiger charge is 2.31. The van der Waals surface area contributed by atoms with E-state index < -0.39 is 0 Å². The number of thioether (sulfide) groups is 1. The summed E-state index contributed by atoms with van der Waals surface area (Å²) in [5, 5.41) is 10.4. The Labute approximate surface area is 162 Å². The maximum absolute atomic E-state index is 11.8. The SMILES string of the molecule is O=c1[nH]cnc2c(CN3C[C@H](CSCCc4ccccc4)[C@@H](O)C3)c[nH]c12. The molecule has 0 amide bonds. The molecule has 6 nitrogen and oxygen atoms in total. The molecule has 0 radical (unpaired) electrons. The van der Waals surface area contributed by atoms with Crippen molar-refractivity contribution < 1.29 is 5.11 Å². The van der Waals surface area contributed by atoms with Gasteiger partial charge in [-0.25, -0.2) is 4.98 Å². The van der Waals surface area contributed by atoms with Crippen molar-refractivity contribution in [1.82, 2.24) is 19.9 Å². The van der Waals surface area contributed by atoms with Crippen molar-refractivity contribution in [1.29, 1.82) is 0 Å². The number of aromatic nitrogens is 3. The first-order valence-electron chi connectivity index (χ1n) is 9.26. The average molecular weight is 385 g/mol. The zero-order valence-corrected chi connectivity index (χ0v) is 15.9. The fraction of sp³-hybridized carbons (Fsp3) is 0.400. The van der Waals surface area contributed by atoms with Crippen molar-refractivity contribution in [2.24, 2.45) is 5.92 Å². The van der Waals surface area contributed by atoms with Crippen molar-refractivity contribution in [3.8, 4) is 0 Å². The minimum atomic E-state index is -0.296. The number of aryl methyl sites for hydroxylation is 1. The summed E-state index contributed by atoms with van der Waals surface area (Å²) in [6, 6.07) is 10.5. The highest BCUT2D eigenvalue weighted by molar-refractivity contribution is 7.99. The third kappa shape index (κ3) is 4.26. The van der Waals surface area contributed by atoms with Crippen molar-refractivity contribution in [3.05, 3.63) is 64.3 Å². The van der Waals surface area contributed by atoms with Crippen molar-refractivity contribution in [2.75, 3.05) is 24.6 Å². The normalized spacial score (nSPS) is 20.5. The van der Waals surface area contributed by atoms with Gasteiger partial charge in [-0.2, -0.15) is 11.8 Å². The smallest absolute Gasteiger partial charge is 0.275 e. The Hall–Kier alpha value is -2.09. The predicted molar refractivity (Wildman–Crippen MR) is 109 cm³/mol. The zero-order chi connectivity index (χ0) is 18.6. The monoisotopic (exact) mass is 384 g/mol. The van der Waals surface area contributed by atoms with Crippen molar-refractivity contribution in [2.45, 2.75) is 19.1 Å². The van der Waals surface area contributed by atoms with Crippen LogP contribution in [0.3, 0.4) is 0 Å². The van der Waals surface area contributed by atoms with E-state index in [4.69, 9.17) is 0 Å². The molecule has 3 heterocycles. The van der Waals surface area contributed by atoms with E-state index >= 15 is 0 Å². The van der Waals surface area contributed by atoms with Crippen LogP contribution in [0.1, 0.15) is 11.1 Å². The Morgan fingerprint density at radius 3 is 2.93 bits per heavy atom. The predicted octanol–water partition coefficient (Wildman–Crippen LogP) is 2.02. The number of hydrogen-bond donors (Lipinski definition) is 3. The Kier molecular flexibility index (Phi) is 5.61. The standard InChI is InChI=1S/C20H24N4O2S/c25-17-11-24(9-15-8-21-19-18(15)22-13-23-20(19)26)10-16(17)12-27-7-6-14-4-2-1-3-5-14/h1-5,8,13,16-17,21,25H,6-7,9-12H2,(H,22,23,26)/t16-,17+/m1/s1. The molecular formula is C20H24N4O2S. The molecule has 0 bridgehead atoms. The molecule has 0 saturated carbocycles. The number of nitrogens with zero attached hydrogens (tertiary/aromatic N) is 2. The second kappa shape index (κ2) is 8.29. The summed E-state index contributed by atoms with van der Waals surface area (Å²) in [5.41, 5.74) is 3.44. The molecule has 1 fully saturated rings. The van der Waals surface area contributed by atoms with E-state index in [0.717, 1.165) is 30.0 Å². The molecule has 1 aliphatic rings. The van der Waals surface area contributed by atoms with Gasteiger partial charge >= 0.3 is 0 Å². The van der Waals surface area contributed by atoms with Gasteiger partial charge in [0.1, 0.15) is 5.52 Å². The average Bonchev–Trinajstić information content (AvgIpc) is 3.24. The van der Waals surface area contributed by atoms with Gasteiger partial charge in [-0.15, -0.1) is 0 Å². The molecule has 7 heteroatoms. The molecule has 2 aromatic heterocycles. The van der Waals surface area contributed by atoms with E-state index in [1.165, 1.54) is 11.9 Å². The molecule has 142 valence electrons. The summed E-state index contributed by atoms with van der Waals surface area (Å²) in [6.07, 6.45) is 4.05. The Morgan fingerprint density at radius 2 is 2.07 bits per heavy atom. The fourth-order valence-corrected chi connectivity index (χ4v) is 4.85. The minimum absolute atomic E-state index is 0.152. The summed E-state index contributed by atoms with van der Waals surface area (Å²) in [7, 11) is 0. The topological polar surface area (TPSA) is 85.0 Å². The summed E-state index contributed by atoms with van der Waals surface area (Å²) in [6.45, 7) is 2.23. The van der Waals surface area contributed by atoms with Gasteiger partial charge in [0.2, 0.25) is 0 Å². The molecule has 0 unspecified atom stereocenters. The number of aromatic amines is 2. The number of β-amino-alcohol motifs (C(OH)–C–C–N with tert-alkyl or cyclic N) is 1. The summed E-state index contributed by atoms with van der Waals surface area (Å²) < 4.78 is 0. The number of aliphatic hydroxyl groups is 1. The molecule has 1 aliphatic heterocycles. The molecule has 3 aromatic rings. The van der Waals surface area contributed by atoms with E-state index in [-0.39, 0.29) is 17.6 Å². The quantitative estimate of drug-likeness (QED) is 0.543. The molecule has 1 aromatic carbocycles. The van der Waals surface area contributed by atoms with Crippen LogP contribution in [0.2, 0.25) is 0 Å². The first-order valence-corrected chi connectivity index (χ1v) is 10.4. The Balaban J connectivity index is 1.29. The van der Waals surface area contributed by atoms with Gasteiger partial charge in [0.15, 0.2) is 0 Å². The van der Waals surface area contributed by atoms with Crippen LogP contribution < -0.4 is 5.56 Å². The van der Waals surface area contributed by atoms with Crippen LogP contribution in [0.4, 0.5) is 0 Å². The van der Waals surface area contributed by atoms with Gasteiger partial charge in [-0.1, -0.05) is 30.3 Å². The lowest BCUT2D eigenvalue weighted by Crippen LogP contribution is -2.21. The summed E-state index contributed by atoms with van der Waals surface area (Å²) >= 11 is 1.91. The molecule has 4 rings (SSSR count). The maximum atomic E-state index is 11.8. The van der Waals surface area contributed by atoms with Crippen molar-refractivity contribution in [3.63, 3.8) is 0 Å². The van der Waals surface area contributed by atoms with Crippen LogP contribution >= 0.6 is 11.8 Å². The highest BCUT2D eigenvalue weighted by atomic mass is 32.2. The summed E-state index contributed by atoms with van der Waals surface area (Å²) in [5.74, 6) is 2.32. The lowest BCUT2D eigenvalue weighted by atomic mass is 10.1. The Morgan fingerprint density at radius 1 is 1.22 bits per heavy atom. The molecule has 0 aliphatic carbocycles. The molecular weight excluding hydrogens is 360 g/mol. The zero-order valence-electron chi connectivity index (χ0n) is 15.1. The maximum Gasteiger partial charge on any atom is 0.275 e. The number of aliphatic hydroxyl groups excluding tert-OH is 1. The number of H-pyrrole nitrogens is 2. The molecule has 2 atom stereocenters. The Bertz CT molecular complexity index is 940. The molecule has 3 N–H and O–H groups in total. The molecule has 27 heavy (non-hydrogen) atoms. The number of hydrogen-bond acceptors (Lipinski definition) is 5. The van der Waals surface area contributed by atoms with Gasteiger partial charge in [0.25, 0.3) is 5.56 Å². The first kappa shape index (κ1) is 18.3. The van der Waals surface area contributed by atoms with Gasteiger partial charge in [-0.3, -0.25) is 9.69 Å². The lowest BCUT2D eigenvalue weighted by Gasteiger charge is -2.15. The van der Waals surface area contributed by atoms with Crippen LogP contribution in [0.5, 0.6) is 0 Å². The number of rotatable bonds is 7. The molecule has 0 spiro atoms. The lowest BCUT2D eigenvalue weighted by molar-refractivity contribution is 0.149. The van der Waals surface area contributed by atoms with Gasteiger partial charge in [0.05, 0.1) is 17.9 Å². The van der Waals surface area contributed by atoms with E-state index in [0.29, 0.717) is 24.1 Å². The van der Waals surface area contributed by atoms with E-state index in [1.807, 2.05) is 24.0 Å². The third-order valence-electron chi connectivity index (χ3n) is 5.13. The number of fused-ring (bicyclic) bond motifs is 1. The van der Waals surface area contributed by atoms with E-state index in [9.17, 15) is 9.90 Å². The van der Waals surface area contributed by atoms with Crippen LogP contribution in [0.25, 0.3) is 11.0 Å². The fourth-order valence-electron chi connectivity index (χ4n) is 3.67. The van der Waals surface area contributed by atoms with Crippen LogP contribution in [-0.2, 0) is 13.0 Å².